The van der Waals surface area contributed by atoms with Gasteiger partial charge in [0.05, 0.1) is 10.7 Å². The standard InChI is InChI=1S/C15H14N6O3S2/c1-20-11(7-10-5-3-2-4-6-10)18-19-15(20)25-9-12(22)17-14-16-8-13(26-14)21(23)24/h2-6,8H,7,9H2,1H3,(H,16,17,22). The van der Waals surface area contributed by atoms with Crippen molar-refractivity contribution in [3.63, 3.8) is 0 Å². The van der Waals surface area contributed by atoms with Crippen LogP contribution in [-0.2, 0) is 18.3 Å². The van der Waals surface area contributed by atoms with E-state index in [0.717, 1.165) is 28.9 Å². The first-order chi connectivity index (χ1) is 12.5. The molecule has 9 nitrogen and oxygen atoms in total. The maximum Gasteiger partial charge on any atom is 0.345 e. The highest BCUT2D eigenvalue weighted by Crippen LogP contribution is 2.25. The van der Waals surface area contributed by atoms with Crippen LogP contribution in [0.15, 0.2) is 41.7 Å². The Morgan fingerprint density at radius 1 is 1.35 bits per heavy atom. The van der Waals surface area contributed by atoms with E-state index in [1.54, 1.807) is 0 Å². The zero-order valence-corrected chi connectivity index (χ0v) is 15.3. The minimum atomic E-state index is -0.546. The highest BCUT2D eigenvalue weighted by atomic mass is 32.2. The molecule has 0 saturated carbocycles. The second kappa shape index (κ2) is 8.06. The summed E-state index contributed by atoms with van der Waals surface area (Å²) in [6.45, 7) is 0. The van der Waals surface area contributed by atoms with Gasteiger partial charge >= 0.3 is 5.00 Å². The number of benzene rings is 1. The number of carbonyl (C=O) groups excluding carboxylic acids is 1. The number of amides is 1. The van der Waals surface area contributed by atoms with Crippen LogP contribution in [0, 0.1) is 10.1 Å². The van der Waals surface area contributed by atoms with E-state index in [2.05, 4.69) is 20.5 Å². The highest BCUT2D eigenvalue weighted by molar-refractivity contribution is 7.99. The van der Waals surface area contributed by atoms with Crippen molar-refractivity contribution in [1.82, 2.24) is 19.7 Å². The first kappa shape index (κ1) is 18.0. The summed E-state index contributed by atoms with van der Waals surface area (Å²) in [6.07, 6.45) is 1.77. The Bertz CT molecular complexity index is 925. The fourth-order valence-corrected chi connectivity index (χ4v) is 3.47. The molecule has 1 amide bonds. The normalized spacial score (nSPS) is 10.7. The number of rotatable bonds is 7. The number of hydrogen-bond donors (Lipinski definition) is 1. The van der Waals surface area contributed by atoms with E-state index in [1.165, 1.54) is 11.8 Å². The third kappa shape index (κ3) is 4.43. The zero-order valence-electron chi connectivity index (χ0n) is 13.7. The van der Waals surface area contributed by atoms with Gasteiger partial charge in [0.2, 0.25) is 5.91 Å². The van der Waals surface area contributed by atoms with Gasteiger partial charge in [-0.2, -0.15) is 0 Å². The van der Waals surface area contributed by atoms with Gasteiger partial charge in [0.25, 0.3) is 0 Å². The van der Waals surface area contributed by atoms with Crippen LogP contribution in [-0.4, -0.2) is 36.3 Å². The van der Waals surface area contributed by atoms with Crippen LogP contribution in [0.2, 0.25) is 0 Å². The van der Waals surface area contributed by atoms with Gasteiger partial charge in [-0.1, -0.05) is 42.1 Å². The Morgan fingerprint density at radius 2 is 2.12 bits per heavy atom. The fourth-order valence-electron chi connectivity index (χ4n) is 2.10. The number of thioether (sulfide) groups is 1. The Morgan fingerprint density at radius 3 is 2.81 bits per heavy atom. The van der Waals surface area contributed by atoms with Gasteiger partial charge < -0.3 is 9.88 Å². The summed E-state index contributed by atoms with van der Waals surface area (Å²) in [5.41, 5.74) is 1.13. The quantitative estimate of drug-likeness (QED) is 0.374. The molecule has 0 bridgehead atoms. The molecule has 0 saturated heterocycles. The summed E-state index contributed by atoms with van der Waals surface area (Å²) in [4.78, 5) is 25.9. The number of anilines is 1. The van der Waals surface area contributed by atoms with Crippen LogP contribution < -0.4 is 5.32 Å². The predicted octanol–water partition coefficient (Wildman–Crippen LogP) is 2.50. The summed E-state index contributed by atoms with van der Waals surface area (Å²) in [6, 6.07) is 9.92. The molecule has 2 aromatic heterocycles. The Hall–Kier alpha value is -2.79. The van der Waals surface area contributed by atoms with Gasteiger partial charge in [-0.3, -0.25) is 14.9 Å². The molecule has 1 N–H and O–H groups in total. The average molecular weight is 390 g/mol. The van der Waals surface area contributed by atoms with Crippen molar-refractivity contribution in [2.75, 3.05) is 11.1 Å². The van der Waals surface area contributed by atoms with E-state index in [0.29, 0.717) is 11.6 Å². The molecular formula is C15H14N6O3S2. The van der Waals surface area contributed by atoms with E-state index in [-0.39, 0.29) is 21.8 Å². The van der Waals surface area contributed by atoms with Gasteiger partial charge in [-0.15, -0.1) is 10.2 Å². The first-order valence-electron chi connectivity index (χ1n) is 7.48. The molecule has 0 fully saturated rings. The molecule has 11 heteroatoms. The molecule has 0 radical (unpaired) electrons. The summed E-state index contributed by atoms with van der Waals surface area (Å²) < 4.78 is 1.85. The largest absolute Gasteiger partial charge is 0.345 e. The molecule has 0 aliphatic rings. The van der Waals surface area contributed by atoms with Gasteiger partial charge in [-0.25, -0.2) is 4.98 Å². The number of thiazole rings is 1. The van der Waals surface area contributed by atoms with E-state index in [9.17, 15) is 14.9 Å². The molecule has 3 aromatic rings. The molecule has 0 aliphatic carbocycles. The second-order valence-electron chi connectivity index (χ2n) is 5.22. The Labute approximate surface area is 156 Å². The lowest BCUT2D eigenvalue weighted by atomic mass is 10.1. The van der Waals surface area contributed by atoms with Gasteiger partial charge in [0.15, 0.2) is 10.3 Å². The van der Waals surface area contributed by atoms with Crippen LogP contribution in [0.1, 0.15) is 11.4 Å². The van der Waals surface area contributed by atoms with Crippen molar-refractivity contribution < 1.29 is 9.72 Å². The van der Waals surface area contributed by atoms with E-state index in [4.69, 9.17) is 0 Å². The van der Waals surface area contributed by atoms with Gasteiger partial charge in [0.1, 0.15) is 12.0 Å². The van der Waals surface area contributed by atoms with Crippen molar-refractivity contribution in [2.24, 2.45) is 7.05 Å². The Kier molecular flexibility index (Phi) is 5.58. The maximum atomic E-state index is 12.0. The smallest absolute Gasteiger partial charge is 0.309 e. The van der Waals surface area contributed by atoms with E-state index >= 15 is 0 Å². The van der Waals surface area contributed by atoms with Gasteiger partial charge in [-0.05, 0) is 16.9 Å². The number of nitro groups is 1. The van der Waals surface area contributed by atoms with Crippen LogP contribution in [0.25, 0.3) is 0 Å². The zero-order chi connectivity index (χ0) is 18.5. The van der Waals surface area contributed by atoms with Crippen LogP contribution in [0.4, 0.5) is 10.1 Å². The maximum absolute atomic E-state index is 12.0. The number of nitrogens with zero attached hydrogens (tertiary/aromatic N) is 5. The van der Waals surface area contributed by atoms with Crippen molar-refractivity contribution >= 4 is 39.1 Å². The lowest BCUT2D eigenvalue weighted by Crippen LogP contribution is -2.14. The molecule has 26 heavy (non-hydrogen) atoms. The molecule has 1 aromatic carbocycles. The van der Waals surface area contributed by atoms with Crippen molar-refractivity contribution in [2.45, 2.75) is 11.6 Å². The molecule has 0 spiro atoms. The average Bonchev–Trinajstić information content (AvgIpc) is 3.22. The van der Waals surface area contributed by atoms with Crippen LogP contribution >= 0.6 is 23.1 Å². The molecule has 0 unspecified atom stereocenters. The minimum Gasteiger partial charge on any atom is -0.309 e. The first-order valence-corrected chi connectivity index (χ1v) is 9.28. The van der Waals surface area contributed by atoms with Crippen LogP contribution in [0.3, 0.4) is 0 Å². The molecule has 0 aliphatic heterocycles. The topological polar surface area (TPSA) is 116 Å². The highest BCUT2D eigenvalue weighted by Gasteiger charge is 2.15. The Balaban J connectivity index is 1.56. The second-order valence-corrected chi connectivity index (χ2v) is 7.17. The molecular weight excluding hydrogens is 376 g/mol. The number of nitrogens with one attached hydrogen (secondary N) is 1. The fraction of sp³-hybridized carbons (Fsp3) is 0.200. The summed E-state index contributed by atoms with van der Waals surface area (Å²) in [7, 11) is 1.85. The monoisotopic (exact) mass is 390 g/mol. The molecule has 2 heterocycles. The summed E-state index contributed by atoms with van der Waals surface area (Å²) in [5, 5.41) is 22.1. The van der Waals surface area contributed by atoms with Gasteiger partial charge in [0, 0.05) is 13.5 Å². The van der Waals surface area contributed by atoms with Crippen molar-refractivity contribution in [3.8, 4) is 0 Å². The van der Waals surface area contributed by atoms with Crippen LogP contribution in [0.5, 0.6) is 0 Å². The number of carbonyl (C=O) groups is 1. The predicted molar refractivity (Wildman–Crippen MR) is 98.4 cm³/mol. The molecule has 0 atom stereocenters. The lowest BCUT2D eigenvalue weighted by Gasteiger charge is -2.04. The molecule has 134 valence electrons. The molecule has 3 rings (SSSR count). The van der Waals surface area contributed by atoms with E-state index < -0.39 is 4.92 Å². The summed E-state index contributed by atoms with van der Waals surface area (Å²) >= 11 is 2.05. The van der Waals surface area contributed by atoms with Crippen molar-refractivity contribution in [1.29, 1.82) is 0 Å². The SMILES string of the molecule is Cn1c(Cc2ccccc2)nnc1SCC(=O)Nc1ncc([N+](=O)[O-])s1. The van der Waals surface area contributed by atoms with E-state index in [1.807, 2.05) is 41.9 Å². The lowest BCUT2D eigenvalue weighted by molar-refractivity contribution is -0.380. The number of hydrogen-bond acceptors (Lipinski definition) is 8. The third-order valence-corrected chi connectivity index (χ3v) is 5.27. The minimum absolute atomic E-state index is 0.102. The van der Waals surface area contributed by atoms with Crippen molar-refractivity contribution in [3.05, 3.63) is 58.0 Å². The third-order valence-electron chi connectivity index (χ3n) is 3.38. The summed E-state index contributed by atoms with van der Waals surface area (Å²) in [5.74, 6) is 0.589. The number of aromatic nitrogens is 4.